The lowest BCUT2D eigenvalue weighted by atomic mass is 10.1. The topological polar surface area (TPSA) is 102 Å². The summed E-state index contributed by atoms with van der Waals surface area (Å²) in [6.45, 7) is 0. The molecule has 0 radical (unpaired) electrons. The molecule has 0 aromatic carbocycles. The van der Waals surface area contributed by atoms with Gasteiger partial charge in [-0.15, -0.1) is 0 Å². The van der Waals surface area contributed by atoms with Gasteiger partial charge in [-0.25, -0.2) is 13.4 Å². The number of nitrogens with two attached hydrogens (primary N) is 1. The zero-order valence-electron chi connectivity index (χ0n) is 10.7. The summed E-state index contributed by atoms with van der Waals surface area (Å²) in [5.74, 6) is 0.273. The highest BCUT2D eigenvalue weighted by atomic mass is 32.2. The lowest BCUT2D eigenvalue weighted by molar-refractivity contribution is -0.117. The molecule has 0 atom stereocenters. The maximum Gasteiger partial charge on any atom is 0.225 e. The molecule has 0 spiro atoms. The molecule has 19 heavy (non-hydrogen) atoms. The van der Waals surface area contributed by atoms with Crippen LogP contribution in [-0.2, 0) is 14.6 Å². The number of carbonyl (C=O) groups excluding carboxylic acids is 1. The Balaban J connectivity index is 1.93. The molecule has 1 heterocycles. The van der Waals surface area contributed by atoms with Crippen LogP contribution in [0.15, 0.2) is 18.3 Å². The molecular formula is C12H17N3O3S. The fourth-order valence-electron chi connectivity index (χ4n) is 2.13. The number of amides is 1. The maximum atomic E-state index is 11.9. The number of sulfone groups is 1. The standard InChI is InChI=1S/C12H17N3O3S/c1-19(17,18)8-12(4-5-12)6-11(16)15-9-2-3-10(13)14-7-9/h2-3,7H,4-6,8H2,1H3,(H2,13,14)(H,15,16). The minimum atomic E-state index is -3.05. The lowest BCUT2D eigenvalue weighted by Gasteiger charge is -2.13. The predicted molar refractivity (Wildman–Crippen MR) is 73.3 cm³/mol. The number of hydrogen-bond donors (Lipinski definition) is 2. The van der Waals surface area contributed by atoms with Crippen molar-refractivity contribution in [2.24, 2.45) is 5.41 Å². The van der Waals surface area contributed by atoms with Crippen LogP contribution in [0.3, 0.4) is 0 Å². The first-order valence-electron chi connectivity index (χ1n) is 5.97. The van der Waals surface area contributed by atoms with Crippen molar-refractivity contribution in [1.29, 1.82) is 0 Å². The number of nitrogens with zero attached hydrogens (tertiary/aromatic N) is 1. The van der Waals surface area contributed by atoms with Gasteiger partial charge in [0.2, 0.25) is 5.91 Å². The molecule has 6 nitrogen and oxygen atoms in total. The number of aromatic nitrogens is 1. The van der Waals surface area contributed by atoms with Crippen LogP contribution in [0.4, 0.5) is 11.5 Å². The van der Waals surface area contributed by atoms with E-state index in [9.17, 15) is 13.2 Å². The van der Waals surface area contributed by atoms with E-state index in [4.69, 9.17) is 5.73 Å². The first-order chi connectivity index (χ1) is 8.78. The van der Waals surface area contributed by atoms with Gasteiger partial charge in [0.15, 0.2) is 0 Å². The summed E-state index contributed by atoms with van der Waals surface area (Å²) in [4.78, 5) is 15.7. The third-order valence-corrected chi connectivity index (χ3v) is 4.27. The number of pyridine rings is 1. The number of anilines is 2. The Morgan fingerprint density at radius 2 is 2.16 bits per heavy atom. The van der Waals surface area contributed by atoms with Gasteiger partial charge >= 0.3 is 0 Å². The van der Waals surface area contributed by atoms with E-state index < -0.39 is 9.84 Å². The first-order valence-corrected chi connectivity index (χ1v) is 8.03. The number of nitrogen functional groups attached to an aromatic ring is 1. The lowest BCUT2D eigenvalue weighted by Crippen LogP contribution is -2.23. The van der Waals surface area contributed by atoms with Gasteiger partial charge in [-0.1, -0.05) is 0 Å². The highest BCUT2D eigenvalue weighted by Gasteiger charge is 2.46. The Bertz CT molecular complexity index is 577. The fraction of sp³-hybridized carbons (Fsp3) is 0.500. The molecule has 1 saturated carbocycles. The van der Waals surface area contributed by atoms with Crippen molar-refractivity contribution in [2.45, 2.75) is 19.3 Å². The molecule has 0 bridgehead atoms. The average Bonchev–Trinajstić information content (AvgIpc) is 2.98. The van der Waals surface area contributed by atoms with E-state index in [0.29, 0.717) is 11.5 Å². The van der Waals surface area contributed by atoms with E-state index in [-0.39, 0.29) is 23.5 Å². The van der Waals surface area contributed by atoms with E-state index >= 15 is 0 Å². The van der Waals surface area contributed by atoms with Gasteiger partial charge in [0.1, 0.15) is 15.7 Å². The molecule has 1 aliphatic carbocycles. The fourth-order valence-corrected chi connectivity index (χ4v) is 3.63. The number of rotatable bonds is 5. The highest BCUT2D eigenvalue weighted by molar-refractivity contribution is 7.90. The molecular weight excluding hydrogens is 266 g/mol. The molecule has 104 valence electrons. The van der Waals surface area contributed by atoms with Crippen molar-refractivity contribution in [3.8, 4) is 0 Å². The van der Waals surface area contributed by atoms with Crippen molar-refractivity contribution in [3.63, 3.8) is 0 Å². The Hall–Kier alpha value is -1.63. The minimum Gasteiger partial charge on any atom is -0.384 e. The maximum absolute atomic E-state index is 11.9. The molecule has 0 unspecified atom stereocenters. The number of hydrogen-bond acceptors (Lipinski definition) is 5. The zero-order chi connectivity index (χ0) is 14.1. The Morgan fingerprint density at radius 3 is 2.63 bits per heavy atom. The van der Waals surface area contributed by atoms with E-state index in [1.54, 1.807) is 12.1 Å². The van der Waals surface area contributed by atoms with Gasteiger partial charge in [0.05, 0.1) is 17.6 Å². The van der Waals surface area contributed by atoms with Gasteiger partial charge in [0.25, 0.3) is 0 Å². The van der Waals surface area contributed by atoms with E-state index in [2.05, 4.69) is 10.3 Å². The number of carbonyl (C=O) groups is 1. The van der Waals surface area contributed by atoms with Crippen LogP contribution in [0.5, 0.6) is 0 Å². The van der Waals surface area contributed by atoms with Crippen LogP contribution in [-0.4, -0.2) is 31.3 Å². The van der Waals surface area contributed by atoms with E-state index in [1.807, 2.05) is 0 Å². The molecule has 1 aromatic heterocycles. The van der Waals surface area contributed by atoms with Crippen molar-refractivity contribution < 1.29 is 13.2 Å². The minimum absolute atomic E-state index is 0.0768. The van der Waals surface area contributed by atoms with E-state index in [1.165, 1.54) is 12.5 Å². The molecule has 1 amide bonds. The van der Waals surface area contributed by atoms with Crippen LogP contribution in [0.1, 0.15) is 19.3 Å². The summed E-state index contributed by atoms with van der Waals surface area (Å²) < 4.78 is 22.6. The third-order valence-electron chi connectivity index (χ3n) is 3.13. The summed E-state index contributed by atoms with van der Waals surface area (Å²) in [5, 5.41) is 2.70. The highest BCUT2D eigenvalue weighted by Crippen LogP contribution is 2.49. The van der Waals surface area contributed by atoms with Gasteiger partial charge in [-0.2, -0.15) is 0 Å². The summed E-state index contributed by atoms with van der Waals surface area (Å²) in [6.07, 6.45) is 4.48. The van der Waals surface area contributed by atoms with Crippen LogP contribution < -0.4 is 11.1 Å². The van der Waals surface area contributed by atoms with Crippen LogP contribution >= 0.6 is 0 Å². The first kappa shape index (κ1) is 13.8. The normalized spacial score (nSPS) is 16.9. The monoisotopic (exact) mass is 283 g/mol. The largest absolute Gasteiger partial charge is 0.384 e. The smallest absolute Gasteiger partial charge is 0.225 e. The third kappa shape index (κ3) is 4.20. The van der Waals surface area contributed by atoms with Crippen LogP contribution in [0, 0.1) is 5.41 Å². The van der Waals surface area contributed by atoms with Gasteiger partial charge < -0.3 is 11.1 Å². The zero-order valence-corrected chi connectivity index (χ0v) is 11.5. The molecule has 1 fully saturated rings. The van der Waals surface area contributed by atoms with Crippen molar-refractivity contribution in [3.05, 3.63) is 18.3 Å². The SMILES string of the molecule is CS(=O)(=O)CC1(CC(=O)Nc2ccc(N)nc2)CC1. The molecule has 2 rings (SSSR count). The molecule has 1 aromatic rings. The van der Waals surface area contributed by atoms with Gasteiger partial charge in [0, 0.05) is 12.7 Å². The van der Waals surface area contributed by atoms with Crippen LogP contribution in [0.2, 0.25) is 0 Å². The Morgan fingerprint density at radius 1 is 1.47 bits per heavy atom. The van der Waals surface area contributed by atoms with Gasteiger partial charge in [-0.3, -0.25) is 4.79 Å². The Labute approximate surface area is 112 Å². The second kappa shape index (κ2) is 4.80. The van der Waals surface area contributed by atoms with Crippen molar-refractivity contribution in [1.82, 2.24) is 4.98 Å². The summed E-state index contributed by atoms with van der Waals surface area (Å²) in [6, 6.07) is 3.26. The summed E-state index contributed by atoms with van der Waals surface area (Å²) >= 11 is 0. The molecule has 7 heteroatoms. The average molecular weight is 283 g/mol. The quantitative estimate of drug-likeness (QED) is 0.832. The second-order valence-corrected chi connectivity index (χ2v) is 7.41. The number of nitrogens with one attached hydrogen (secondary N) is 1. The molecule has 1 aliphatic rings. The molecule has 0 saturated heterocycles. The van der Waals surface area contributed by atoms with Crippen LogP contribution in [0.25, 0.3) is 0 Å². The summed E-state index contributed by atoms with van der Waals surface area (Å²) in [5.41, 5.74) is 5.65. The molecule has 0 aliphatic heterocycles. The Kier molecular flexibility index (Phi) is 3.49. The van der Waals surface area contributed by atoms with Crippen molar-refractivity contribution >= 4 is 27.2 Å². The summed E-state index contributed by atoms with van der Waals surface area (Å²) in [7, 11) is -3.05. The predicted octanol–water partition coefficient (Wildman–Crippen LogP) is 0.817. The van der Waals surface area contributed by atoms with E-state index in [0.717, 1.165) is 12.8 Å². The molecule has 3 N–H and O–H groups in total. The van der Waals surface area contributed by atoms with Gasteiger partial charge in [-0.05, 0) is 30.4 Å². The van der Waals surface area contributed by atoms with Crippen molar-refractivity contribution in [2.75, 3.05) is 23.1 Å². The second-order valence-electron chi connectivity index (χ2n) is 5.27.